The first kappa shape index (κ1) is 46.7. The summed E-state index contributed by atoms with van der Waals surface area (Å²) in [5.41, 5.74) is 9.74. The van der Waals surface area contributed by atoms with Crippen LogP contribution in [0, 0.1) is 17.3 Å². The summed E-state index contributed by atoms with van der Waals surface area (Å²) in [6.45, 7) is 12.4. The second-order valence-corrected chi connectivity index (χ2v) is 19.4. The van der Waals surface area contributed by atoms with E-state index in [-0.39, 0.29) is 49.6 Å². The van der Waals surface area contributed by atoms with Crippen molar-refractivity contribution in [2.24, 2.45) is 17.3 Å². The van der Waals surface area contributed by atoms with Gasteiger partial charge in [0.2, 0.25) is 11.8 Å². The number of phenols is 1. The zero-order chi connectivity index (χ0) is 47.0. The van der Waals surface area contributed by atoms with Crippen LogP contribution in [0.5, 0.6) is 5.75 Å². The fourth-order valence-electron chi connectivity index (χ4n) is 10.1. The van der Waals surface area contributed by atoms with Crippen molar-refractivity contribution in [3.05, 3.63) is 71.5 Å². The number of esters is 1. The Bertz CT molecular complexity index is 2510. The van der Waals surface area contributed by atoms with Crippen LogP contribution >= 0.6 is 0 Å². The van der Waals surface area contributed by atoms with E-state index in [0.29, 0.717) is 57.6 Å². The number of methoxy groups -OCH3 is 1. The maximum Gasteiger partial charge on any atom is 0.324 e. The van der Waals surface area contributed by atoms with Crippen LogP contribution in [0.1, 0.15) is 70.6 Å². The van der Waals surface area contributed by atoms with Gasteiger partial charge in [0, 0.05) is 81.0 Å². The van der Waals surface area contributed by atoms with E-state index in [4.69, 9.17) is 14.2 Å². The highest BCUT2D eigenvalue weighted by Gasteiger charge is 2.43. The molecule has 352 valence electrons. The minimum absolute atomic E-state index is 0.00793. The third kappa shape index (κ3) is 9.67. The molecule has 16 nitrogen and oxygen atoms in total. The predicted octanol–water partition coefficient (Wildman–Crippen LogP) is 4.62. The summed E-state index contributed by atoms with van der Waals surface area (Å²) < 4.78 is 19.2. The molecule has 6 bridgehead atoms. The number of nitrogens with one attached hydrogen (secondary N) is 2. The third-order valence-corrected chi connectivity index (χ3v) is 13.4. The minimum Gasteiger partial charge on any atom is -0.508 e. The predicted molar refractivity (Wildman–Crippen MR) is 246 cm³/mol. The number of carbonyl (C=O) groups excluding carboxylic acids is 5. The Morgan fingerprint density at radius 3 is 2.59 bits per heavy atom. The average Bonchev–Trinajstić information content (AvgIpc) is 3.95. The van der Waals surface area contributed by atoms with Crippen LogP contribution in [0.4, 0.5) is 0 Å². The van der Waals surface area contributed by atoms with Crippen molar-refractivity contribution in [1.82, 2.24) is 35.1 Å². The number of cyclic esters (lactones) is 1. The first-order valence-electron chi connectivity index (χ1n) is 23.2. The number of likely N-dealkylation sites (tertiary alicyclic amines) is 1. The quantitative estimate of drug-likeness (QED) is 0.149. The van der Waals surface area contributed by atoms with Gasteiger partial charge < -0.3 is 39.0 Å². The molecule has 0 radical (unpaired) electrons. The highest BCUT2D eigenvalue weighted by atomic mass is 16.6. The molecule has 4 amide bonds. The lowest BCUT2D eigenvalue weighted by Crippen LogP contribution is -2.62. The van der Waals surface area contributed by atoms with Gasteiger partial charge in [-0.3, -0.25) is 34.0 Å². The topological polar surface area (TPSA) is 188 Å². The molecule has 3 N–H and O–H groups in total. The number of phenolic OH excluding ortho intramolecular Hbond substituents is 1. The second-order valence-electron chi connectivity index (χ2n) is 19.4. The lowest BCUT2D eigenvalue weighted by atomic mass is 9.84. The number of ether oxygens (including phenoxy) is 3. The minimum atomic E-state index is -1.16. The van der Waals surface area contributed by atoms with E-state index in [1.54, 1.807) is 37.4 Å². The average molecular weight is 906 g/mol. The lowest BCUT2D eigenvalue weighted by molar-refractivity contribution is -0.155. The fraction of sp³-hybridized carbons (Fsp3) is 0.520. The molecule has 0 spiro atoms. The van der Waals surface area contributed by atoms with Crippen molar-refractivity contribution < 1.29 is 43.3 Å². The lowest BCUT2D eigenvalue weighted by Gasteiger charge is -2.37. The van der Waals surface area contributed by atoms with Crippen LogP contribution in [0.15, 0.2) is 54.9 Å². The molecule has 66 heavy (non-hydrogen) atoms. The molecule has 8 rings (SSSR count). The molecule has 16 heteroatoms. The van der Waals surface area contributed by atoms with Gasteiger partial charge in [-0.1, -0.05) is 39.8 Å². The van der Waals surface area contributed by atoms with Gasteiger partial charge in [0.1, 0.15) is 23.9 Å². The van der Waals surface area contributed by atoms with Crippen molar-refractivity contribution in [2.75, 3.05) is 47.0 Å². The number of rotatable bonds is 10. The molecule has 3 saturated heterocycles. The van der Waals surface area contributed by atoms with Crippen molar-refractivity contribution >= 4 is 40.5 Å². The highest BCUT2D eigenvalue weighted by Crippen LogP contribution is 2.41. The Balaban J connectivity index is 1.17. The van der Waals surface area contributed by atoms with Crippen molar-refractivity contribution in [2.45, 2.75) is 104 Å². The van der Waals surface area contributed by atoms with E-state index in [1.165, 1.54) is 9.91 Å². The standard InChI is InChI=1S/C50H63N7O9/c1-8-56-41-12-11-31-22-36(41)37(44(56)38-24-51-15-13-33(38)26-64-7)23-50(4,5)28-66-49(63)39-10-9-16-57(53-39)47(61)40(20-30-18-34(31)21-35(58)19-30)52-45(59)43(29(2)3)54(6)46(60)32-14-17-55(25-32)48(62)42-27-65-42/h11-13,15,18-19,21-22,24,29,32,39-40,42-43,53,58H,8-10,14,16-17,20,23,25-28H2,1-7H3,(H,52,59)/t32-,39-,40-,42-,43-/m0/s1. The molecule has 0 unspecified atom stereocenters. The molecule has 5 atom stereocenters. The number of hydrogen-bond acceptors (Lipinski definition) is 11. The van der Waals surface area contributed by atoms with Gasteiger partial charge in [-0.05, 0) is 96.7 Å². The van der Waals surface area contributed by atoms with E-state index in [1.807, 2.05) is 38.2 Å². The monoisotopic (exact) mass is 905 g/mol. The van der Waals surface area contributed by atoms with Gasteiger partial charge in [-0.2, -0.15) is 0 Å². The maximum atomic E-state index is 14.7. The van der Waals surface area contributed by atoms with Gasteiger partial charge in [0.15, 0.2) is 6.10 Å². The number of amides is 4. The van der Waals surface area contributed by atoms with Gasteiger partial charge in [-0.15, -0.1) is 0 Å². The number of benzene rings is 2. The van der Waals surface area contributed by atoms with Gasteiger partial charge in [0.25, 0.3) is 11.8 Å². The van der Waals surface area contributed by atoms with Crippen LogP contribution in [-0.2, 0) is 64.2 Å². The number of aromatic nitrogens is 2. The summed E-state index contributed by atoms with van der Waals surface area (Å²) in [6, 6.07) is 10.5. The van der Waals surface area contributed by atoms with E-state index in [2.05, 4.69) is 53.2 Å². The molecule has 0 aliphatic carbocycles. The maximum absolute atomic E-state index is 14.7. The molecule has 3 fully saturated rings. The zero-order valence-corrected chi connectivity index (χ0v) is 39.1. The molecule has 4 aromatic rings. The molecule has 2 aromatic heterocycles. The number of aryl methyl sites for hydroxylation is 1. The summed E-state index contributed by atoms with van der Waals surface area (Å²) in [7, 11) is 3.26. The third-order valence-electron chi connectivity index (χ3n) is 13.4. The fourth-order valence-corrected chi connectivity index (χ4v) is 10.1. The number of fused-ring (bicyclic) bond motifs is 6. The summed E-state index contributed by atoms with van der Waals surface area (Å²) in [4.78, 5) is 77.5. The molecule has 4 aliphatic heterocycles. The Kier molecular flexibility index (Phi) is 13.6. The summed E-state index contributed by atoms with van der Waals surface area (Å²) in [5.74, 6) is -2.70. The molecule has 6 heterocycles. The zero-order valence-electron chi connectivity index (χ0n) is 39.1. The smallest absolute Gasteiger partial charge is 0.324 e. The Labute approximate surface area is 385 Å². The Hall–Kier alpha value is -5.84. The summed E-state index contributed by atoms with van der Waals surface area (Å²) in [6.07, 6.45) is 5.15. The SMILES string of the molecule is CCn1c(-c2cnccc2COC)c2c3cc(ccc31)-c1cc(O)cc(c1)C[C@H](NC(=O)[C@H](C(C)C)N(C)C(=O)[C@H]1CCN(C(=O)[C@@H]3CO3)C1)C(=O)N1CCC[C@H](N1)C(=O)OCC(C)(C)C2. The van der Waals surface area contributed by atoms with E-state index >= 15 is 0 Å². The number of epoxide rings is 1. The molecule has 0 saturated carbocycles. The number of hydrogen-bond donors (Lipinski definition) is 3. The number of carbonyl (C=O) groups is 5. The first-order chi connectivity index (χ1) is 31.6. The summed E-state index contributed by atoms with van der Waals surface area (Å²) >= 11 is 0. The highest BCUT2D eigenvalue weighted by molar-refractivity contribution is 5.96. The number of likely N-dealkylation sites (N-methyl/N-ethyl adjacent to an activating group) is 1. The van der Waals surface area contributed by atoms with E-state index in [9.17, 15) is 29.1 Å². The largest absolute Gasteiger partial charge is 0.508 e. The van der Waals surface area contributed by atoms with Gasteiger partial charge >= 0.3 is 5.97 Å². The van der Waals surface area contributed by atoms with Crippen molar-refractivity contribution in [3.8, 4) is 28.1 Å². The van der Waals surface area contributed by atoms with Gasteiger partial charge in [-0.25, -0.2) is 5.43 Å². The molecular weight excluding hydrogens is 843 g/mol. The number of pyridine rings is 1. The van der Waals surface area contributed by atoms with E-state index < -0.39 is 53.3 Å². The molecule has 4 aliphatic rings. The molecule has 2 aromatic carbocycles. The molecular formula is C50H63N7O9. The van der Waals surface area contributed by atoms with Crippen LogP contribution < -0.4 is 10.7 Å². The van der Waals surface area contributed by atoms with Crippen LogP contribution in [0.3, 0.4) is 0 Å². The van der Waals surface area contributed by atoms with Gasteiger partial charge in [0.05, 0.1) is 31.4 Å². The number of hydrazine groups is 1. The van der Waals surface area contributed by atoms with Crippen LogP contribution in [-0.4, -0.2) is 130 Å². The first-order valence-corrected chi connectivity index (χ1v) is 23.2. The van der Waals surface area contributed by atoms with Crippen LogP contribution in [0.2, 0.25) is 0 Å². The van der Waals surface area contributed by atoms with Crippen molar-refractivity contribution in [1.29, 1.82) is 0 Å². The van der Waals surface area contributed by atoms with Crippen LogP contribution in [0.25, 0.3) is 33.3 Å². The Morgan fingerprint density at radius 2 is 1.86 bits per heavy atom. The number of nitrogens with zero attached hydrogens (tertiary/aromatic N) is 5. The number of aromatic hydroxyl groups is 1. The normalized spacial score (nSPS) is 22.5. The second kappa shape index (κ2) is 19.2. The van der Waals surface area contributed by atoms with Crippen molar-refractivity contribution in [3.63, 3.8) is 0 Å². The summed E-state index contributed by atoms with van der Waals surface area (Å²) in [5, 5.41) is 16.7. The Morgan fingerprint density at radius 1 is 1.08 bits per heavy atom. The van der Waals surface area contributed by atoms with E-state index in [0.717, 1.165) is 44.4 Å².